The summed E-state index contributed by atoms with van der Waals surface area (Å²) in [6.07, 6.45) is 0.556. The van der Waals surface area contributed by atoms with Crippen molar-refractivity contribution in [1.29, 1.82) is 0 Å². The third-order valence-corrected chi connectivity index (χ3v) is 4.72. The summed E-state index contributed by atoms with van der Waals surface area (Å²) in [6.45, 7) is 5.09. The van der Waals surface area contributed by atoms with Crippen LogP contribution < -0.4 is 5.32 Å². The maximum Gasteiger partial charge on any atom is 0.356 e. The first-order chi connectivity index (χ1) is 10.7. The molecule has 1 saturated heterocycles. The molecule has 0 aliphatic carbocycles. The first kappa shape index (κ1) is 17.8. The van der Waals surface area contributed by atoms with Crippen LogP contribution in [0.4, 0.5) is 0 Å². The second-order valence-electron chi connectivity index (χ2n) is 6.08. The van der Waals surface area contributed by atoms with Gasteiger partial charge >= 0.3 is 5.97 Å². The van der Waals surface area contributed by atoms with Gasteiger partial charge in [0.2, 0.25) is 5.91 Å². The number of carbonyl (C=O) groups excluding carboxylic acids is 4. The van der Waals surface area contributed by atoms with Gasteiger partial charge in [0.25, 0.3) is 5.91 Å². The number of amides is 2. The van der Waals surface area contributed by atoms with Crippen molar-refractivity contribution < 1.29 is 23.9 Å². The van der Waals surface area contributed by atoms with E-state index in [9.17, 15) is 19.2 Å². The van der Waals surface area contributed by atoms with Gasteiger partial charge in [0.1, 0.15) is 34.9 Å². The summed E-state index contributed by atoms with van der Waals surface area (Å²) in [4.78, 5) is 48.5. The molecule has 1 fully saturated rings. The molecule has 0 bridgehead atoms. The van der Waals surface area contributed by atoms with Gasteiger partial charge in [-0.2, -0.15) is 0 Å². The first-order valence-electron chi connectivity index (χ1n) is 6.91. The zero-order chi connectivity index (χ0) is 17.4. The Hall–Kier alpha value is -1.54. The lowest BCUT2D eigenvalue weighted by Crippen LogP contribution is -2.70. The highest BCUT2D eigenvalue weighted by atomic mass is 35.5. The number of nitrogens with one attached hydrogen (secondary N) is 1. The molecule has 2 atom stereocenters. The molecule has 1 unspecified atom stereocenters. The average Bonchev–Trinajstić information content (AvgIpc) is 2.48. The lowest BCUT2D eigenvalue weighted by molar-refractivity contribution is -0.159. The lowest BCUT2D eigenvalue weighted by Gasteiger charge is -2.49. The predicted octanol–water partition coefficient (Wildman–Crippen LogP) is 0.420. The van der Waals surface area contributed by atoms with Crippen molar-refractivity contribution in [1.82, 2.24) is 10.2 Å². The Morgan fingerprint density at radius 1 is 1.48 bits per heavy atom. The number of thioether (sulfide) groups is 1. The average molecular weight is 361 g/mol. The van der Waals surface area contributed by atoms with Crippen LogP contribution in [0, 0.1) is 0 Å². The Morgan fingerprint density at radius 3 is 2.65 bits per heavy atom. The van der Waals surface area contributed by atoms with Crippen LogP contribution in [-0.2, 0) is 23.9 Å². The number of nitrogens with zero attached hydrogens (tertiary/aromatic N) is 1. The zero-order valence-electron chi connectivity index (χ0n) is 12.9. The minimum absolute atomic E-state index is 0.0416. The normalized spacial score (nSPS) is 23.8. The largest absolute Gasteiger partial charge is 0.455 e. The molecule has 0 aromatic rings. The number of hydrogen-bond donors (Lipinski definition) is 1. The molecule has 23 heavy (non-hydrogen) atoms. The molecule has 0 spiro atoms. The highest BCUT2D eigenvalue weighted by Gasteiger charge is 2.54. The minimum Gasteiger partial charge on any atom is -0.455 e. The molecule has 0 aromatic carbocycles. The van der Waals surface area contributed by atoms with Gasteiger partial charge in [0, 0.05) is 11.3 Å². The number of ether oxygens (including phenoxy) is 1. The molecular weight excluding hydrogens is 344 g/mol. The smallest absolute Gasteiger partial charge is 0.356 e. The molecule has 7 nitrogen and oxygen atoms in total. The number of alkyl halides is 1. The Kier molecular flexibility index (Phi) is 5.05. The third kappa shape index (κ3) is 3.53. The van der Waals surface area contributed by atoms with Crippen molar-refractivity contribution in [2.75, 3.05) is 11.6 Å². The van der Waals surface area contributed by atoms with Crippen molar-refractivity contribution in [3.8, 4) is 0 Å². The van der Waals surface area contributed by atoms with Crippen molar-refractivity contribution in [3.63, 3.8) is 0 Å². The number of esters is 1. The van der Waals surface area contributed by atoms with Crippen LogP contribution in [0.1, 0.15) is 20.8 Å². The Bertz CT molecular complexity index is 598. The highest BCUT2D eigenvalue weighted by Crippen LogP contribution is 2.40. The molecule has 2 aliphatic rings. The van der Waals surface area contributed by atoms with E-state index >= 15 is 0 Å². The van der Waals surface area contributed by atoms with E-state index in [0.717, 1.165) is 0 Å². The SMILES string of the molecule is CC(C)(C)OC(=O)C1=C(C=O)CS[C@@H]2C(NC(=O)CCl)C(=O)N12. The maximum absolute atomic E-state index is 12.4. The third-order valence-electron chi connectivity index (χ3n) is 3.17. The topological polar surface area (TPSA) is 92.8 Å². The van der Waals surface area contributed by atoms with Crippen LogP contribution in [-0.4, -0.2) is 57.6 Å². The number of β-lactam (4-membered cyclic amide) rings is 1. The molecule has 1 N–H and O–H groups in total. The van der Waals surface area contributed by atoms with Crippen LogP contribution in [0.2, 0.25) is 0 Å². The van der Waals surface area contributed by atoms with Gasteiger partial charge in [-0.05, 0) is 20.8 Å². The Labute approximate surface area is 142 Å². The van der Waals surface area contributed by atoms with E-state index < -0.39 is 34.8 Å². The summed E-state index contributed by atoms with van der Waals surface area (Å²) in [5.41, 5.74) is -0.589. The van der Waals surface area contributed by atoms with Gasteiger partial charge in [0.15, 0.2) is 0 Å². The number of rotatable bonds is 4. The quantitative estimate of drug-likeness (QED) is 0.338. The summed E-state index contributed by atoms with van der Waals surface area (Å²) < 4.78 is 5.28. The van der Waals surface area contributed by atoms with Gasteiger partial charge < -0.3 is 10.1 Å². The number of carbonyl (C=O) groups is 4. The van der Waals surface area contributed by atoms with Gasteiger partial charge in [-0.1, -0.05) is 0 Å². The first-order valence-corrected chi connectivity index (χ1v) is 8.49. The standard InChI is InChI=1S/C14H17ClN2O5S/c1-14(2,3)22-13(21)10-7(5-18)6-23-12-9(11(20)17(10)12)16-8(19)4-15/h5,9,12H,4,6H2,1-3H3,(H,16,19)/t9?,12-/m1/s1. The fraction of sp³-hybridized carbons (Fsp3) is 0.571. The van der Waals surface area contributed by atoms with Crippen molar-refractivity contribution >= 4 is 47.4 Å². The predicted molar refractivity (Wildman–Crippen MR) is 84.7 cm³/mol. The Balaban J connectivity index is 2.25. The number of aldehydes is 1. The van der Waals surface area contributed by atoms with Gasteiger partial charge in [-0.25, -0.2) is 4.79 Å². The van der Waals surface area contributed by atoms with Crippen LogP contribution in [0.3, 0.4) is 0 Å². The van der Waals surface area contributed by atoms with Crippen LogP contribution in [0.5, 0.6) is 0 Å². The molecule has 0 aromatic heterocycles. The van der Waals surface area contributed by atoms with Crippen molar-refractivity contribution in [2.24, 2.45) is 0 Å². The van der Waals surface area contributed by atoms with Crippen LogP contribution >= 0.6 is 23.4 Å². The van der Waals surface area contributed by atoms with Gasteiger partial charge in [-0.3, -0.25) is 19.3 Å². The van der Waals surface area contributed by atoms with E-state index in [-0.39, 0.29) is 22.9 Å². The summed E-state index contributed by atoms with van der Waals surface area (Å²) >= 11 is 6.72. The number of halogens is 1. The molecule has 9 heteroatoms. The van der Waals surface area contributed by atoms with E-state index in [1.54, 1.807) is 20.8 Å². The second-order valence-corrected chi connectivity index (χ2v) is 7.45. The summed E-state index contributed by atoms with van der Waals surface area (Å²) in [5.74, 6) is -1.63. The van der Waals surface area contributed by atoms with Gasteiger partial charge in [0.05, 0.1) is 0 Å². The molecule has 0 radical (unpaired) electrons. The molecule has 2 heterocycles. The lowest BCUT2D eigenvalue weighted by atomic mass is 10.0. The Morgan fingerprint density at radius 2 is 2.13 bits per heavy atom. The summed E-state index contributed by atoms with van der Waals surface area (Å²) in [6, 6.07) is -0.753. The molecule has 2 rings (SSSR count). The minimum atomic E-state index is -0.753. The van der Waals surface area contributed by atoms with Crippen LogP contribution in [0.25, 0.3) is 0 Å². The fourth-order valence-corrected chi connectivity index (χ4v) is 3.63. The zero-order valence-corrected chi connectivity index (χ0v) is 14.5. The number of hydrogen-bond acceptors (Lipinski definition) is 6. The van der Waals surface area contributed by atoms with Crippen LogP contribution in [0.15, 0.2) is 11.3 Å². The monoisotopic (exact) mass is 360 g/mol. The molecule has 126 valence electrons. The molecular formula is C14H17ClN2O5S. The molecule has 2 aliphatic heterocycles. The fourth-order valence-electron chi connectivity index (χ4n) is 2.26. The van der Waals surface area contributed by atoms with E-state index in [1.807, 2.05) is 0 Å². The van der Waals surface area contributed by atoms with E-state index in [4.69, 9.17) is 16.3 Å². The van der Waals surface area contributed by atoms with Crippen molar-refractivity contribution in [3.05, 3.63) is 11.3 Å². The second kappa shape index (κ2) is 6.52. The molecule has 0 saturated carbocycles. The van der Waals surface area contributed by atoms with E-state index in [1.165, 1.54) is 16.7 Å². The summed E-state index contributed by atoms with van der Waals surface area (Å²) in [7, 11) is 0. The van der Waals surface area contributed by atoms with Crippen molar-refractivity contribution in [2.45, 2.75) is 37.8 Å². The maximum atomic E-state index is 12.4. The molecule has 2 amide bonds. The number of fused-ring (bicyclic) bond motifs is 1. The van der Waals surface area contributed by atoms with Gasteiger partial charge in [-0.15, -0.1) is 23.4 Å². The summed E-state index contributed by atoms with van der Waals surface area (Å²) in [5, 5.41) is 2.07. The highest BCUT2D eigenvalue weighted by molar-refractivity contribution is 8.00. The van der Waals surface area contributed by atoms with E-state index in [2.05, 4.69) is 5.32 Å². The van der Waals surface area contributed by atoms with E-state index in [0.29, 0.717) is 6.29 Å².